The molecule has 1 amide bonds. The highest BCUT2D eigenvalue weighted by molar-refractivity contribution is 7.89. The van der Waals surface area contributed by atoms with E-state index < -0.39 is 21.7 Å². The average molecular weight is 391 g/mol. The highest BCUT2D eigenvalue weighted by Crippen LogP contribution is 2.26. The molecule has 2 aromatic rings. The number of piperidine rings is 1. The summed E-state index contributed by atoms with van der Waals surface area (Å²) in [6.07, 6.45) is 1.59. The van der Waals surface area contributed by atoms with Crippen LogP contribution in [0.1, 0.15) is 19.8 Å². The van der Waals surface area contributed by atoms with Crippen molar-refractivity contribution in [2.45, 2.75) is 30.7 Å². The van der Waals surface area contributed by atoms with Crippen molar-refractivity contribution >= 4 is 27.3 Å². The van der Waals surface area contributed by atoms with E-state index in [0.717, 1.165) is 24.6 Å². The number of hydrogen-bond acceptors (Lipinski definition) is 4. The van der Waals surface area contributed by atoms with Crippen LogP contribution in [0.15, 0.2) is 53.4 Å². The molecule has 27 heavy (non-hydrogen) atoms. The molecule has 0 radical (unpaired) electrons. The normalized spacial score (nSPS) is 18.1. The van der Waals surface area contributed by atoms with E-state index in [-0.39, 0.29) is 16.6 Å². The van der Waals surface area contributed by atoms with E-state index in [9.17, 15) is 17.6 Å². The lowest BCUT2D eigenvalue weighted by Crippen LogP contribution is -2.45. The number of para-hydroxylation sites is 1. The molecule has 2 aromatic carbocycles. The van der Waals surface area contributed by atoms with Crippen molar-refractivity contribution in [3.8, 4) is 0 Å². The maximum absolute atomic E-state index is 13.8. The zero-order valence-electron chi connectivity index (χ0n) is 15.0. The van der Waals surface area contributed by atoms with Gasteiger partial charge >= 0.3 is 0 Å². The van der Waals surface area contributed by atoms with E-state index in [1.807, 2.05) is 30.3 Å². The number of rotatable bonds is 5. The van der Waals surface area contributed by atoms with Gasteiger partial charge in [-0.3, -0.25) is 4.79 Å². The van der Waals surface area contributed by atoms with Gasteiger partial charge in [0.2, 0.25) is 15.9 Å². The van der Waals surface area contributed by atoms with Gasteiger partial charge in [0.05, 0.1) is 10.6 Å². The SMILES string of the molecule is CC(=O)Nc1cc(S(=O)(=O)N2CCC[C@H](Nc3ccccc3)C2)ccc1F. The Balaban J connectivity index is 1.79. The smallest absolute Gasteiger partial charge is 0.243 e. The maximum Gasteiger partial charge on any atom is 0.243 e. The third-order valence-electron chi connectivity index (χ3n) is 4.42. The molecule has 3 rings (SSSR count). The molecule has 6 nitrogen and oxygen atoms in total. The van der Waals surface area contributed by atoms with Gasteiger partial charge < -0.3 is 10.6 Å². The number of carbonyl (C=O) groups is 1. The fourth-order valence-electron chi connectivity index (χ4n) is 3.15. The monoisotopic (exact) mass is 391 g/mol. The summed E-state index contributed by atoms with van der Waals surface area (Å²) in [4.78, 5) is 11.2. The number of sulfonamides is 1. The van der Waals surface area contributed by atoms with Gasteiger partial charge in [0.25, 0.3) is 0 Å². The van der Waals surface area contributed by atoms with Crippen molar-refractivity contribution in [3.63, 3.8) is 0 Å². The van der Waals surface area contributed by atoms with Gasteiger partial charge in [-0.2, -0.15) is 4.31 Å². The third kappa shape index (κ3) is 4.64. The molecular weight excluding hydrogens is 369 g/mol. The summed E-state index contributed by atoms with van der Waals surface area (Å²) in [6, 6.07) is 13.1. The van der Waals surface area contributed by atoms with Crippen LogP contribution >= 0.6 is 0 Å². The number of carbonyl (C=O) groups excluding carboxylic acids is 1. The van der Waals surface area contributed by atoms with Crippen molar-refractivity contribution in [3.05, 3.63) is 54.3 Å². The van der Waals surface area contributed by atoms with Crippen LogP contribution in [0, 0.1) is 5.82 Å². The van der Waals surface area contributed by atoms with Gasteiger partial charge in [-0.25, -0.2) is 12.8 Å². The lowest BCUT2D eigenvalue weighted by Gasteiger charge is -2.33. The van der Waals surface area contributed by atoms with Crippen LogP contribution in [0.4, 0.5) is 15.8 Å². The molecule has 0 unspecified atom stereocenters. The molecule has 8 heteroatoms. The molecule has 0 spiro atoms. The van der Waals surface area contributed by atoms with E-state index in [4.69, 9.17) is 0 Å². The largest absolute Gasteiger partial charge is 0.381 e. The topological polar surface area (TPSA) is 78.5 Å². The Hall–Kier alpha value is -2.45. The zero-order valence-corrected chi connectivity index (χ0v) is 15.8. The first-order valence-corrected chi connectivity index (χ1v) is 10.2. The summed E-state index contributed by atoms with van der Waals surface area (Å²) in [6.45, 7) is 1.97. The van der Waals surface area contributed by atoms with E-state index in [0.29, 0.717) is 13.1 Å². The molecule has 2 N–H and O–H groups in total. The summed E-state index contributed by atoms with van der Waals surface area (Å²) >= 11 is 0. The van der Waals surface area contributed by atoms with Crippen LogP contribution in [0.2, 0.25) is 0 Å². The van der Waals surface area contributed by atoms with Crippen LogP contribution in [0.3, 0.4) is 0 Å². The number of anilines is 2. The molecule has 1 fully saturated rings. The Labute approximate surface area is 158 Å². The fraction of sp³-hybridized carbons (Fsp3) is 0.316. The van der Waals surface area contributed by atoms with Crippen molar-refractivity contribution in [2.24, 2.45) is 0 Å². The number of nitrogens with zero attached hydrogens (tertiary/aromatic N) is 1. The average Bonchev–Trinajstić information content (AvgIpc) is 2.64. The van der Waals surface area contributed by atoms with Crippen molar-refractivity contribution in [2.75, 3.05) is 23.7 Å². The molecule has 1 aliphatic heterocycles. The van der Waals surface area contributed by atoms with Crippen molar-refractivity contribution < 1.29 is 17.6 Å². The molecule has 0 bridgehead atoms. The molecule has 1 heterocycles. The molecule has 0 saturated carbocycles. The minimum atomic E-state index is -3.79. The van der Waals surface area contributed by atoms with Crippen molar-refractivity contribution in [1.29, 1.82) is 0 Å². The second-order valence-electron chi connectivity index (χ2n) is 6.54. The number of nitrogens with one attached hydrogen (secondary N) is 2. The highest BCUT2D eigenvalue weighted by Gasteiger charge is 2.30. The van der Waals surface area contributed by atoms with Crippen LogP contribution < -0.4 is 10.6 Å². The Kier molecular flexibility index (Phi) is 5.76. The van der Waals surface area contributed by atoms with E-state index >= 15 is 0 Å². The summed E-state index contributed by atoms with van der Waals surface area (Å²) < 4.78 is 41.2. The zero-order chi connectivity index (χ0) is 19.4. The lowest BCUT2D eigenvalue weighted by molar-refractivity contribution is -0.114. The van der Waals surface area contributed by atoms with E-state index in [1.165, 1.54) is 23.4 Å². The molecule has 0 aromatic heterocycles. The van der Waals surface area contributed by atoms with Gasteiger partial charge in [0, 0.05) is 31.7 Å². The molecule has 1 atom stereocenters. The number of benzene rings is 2. The molecule has 1 saturated heterocycles. The fourth-order valence-corrected chi connectivity index (χ4v) is 4.70. The van der Waals surface area contributed by atoms with Crippen molar-refractivity contribution in [1.82, 2.24) is 4.31 Å². The number of amides is 1. The third-order valence-corrected chi connectivity index (χ3v) is 6.28. The van der Waals surface area contributed by atoms with Crippen LogP contribution in [-0.4, -0.2) is 37.8 Å². The molecular formula is C19H22FN3O3S. The minimum absolute atomic E-state index is 0.00816. The summed E-state index contributed by atoms with van der Waals surface area (Å²) in [7, 11) is -3.79. The van der Waals surface area contributed by atoms with Gasteiger partial charge in [-0.15, -0.1) is 0 Å². The molecule has 144 valence electrons. The Morgan fingerprint density at radius 1 is 1.19 bits per heavy atom. The van der Waals surface area contributed by atoms with E-state index in [1.54, 1.807) is 0 Å². The van der Waals surface area contributed by atoms with Crippen LogP contribution in [0.25, 0.3) is 0 Å². The van der Waals surface area contributed by atoms with Gasteiger partial charge in [0.1, 0.15) is 5.82 Å². The first-order valence-electron chi connectivity index (χ1n) is 8.75. The Morgan fingerprint density at radius 3 is 2.63 bits per heavy atom. The van der Waals surface area contributed by atoms with E-state index in [2.05, 4.69) is 10.6 Å². The molecule has 0 aliphatic carbocycles. The van der Waals surface area contributed by atoms with Gasteiger partial charge in [0.15, 0.2) is 0 Å². The number of hydrogen-bond donors (Lipinski definition) is 2. The highest BCUT2D eigenvalue weighted by atomic mass is 32.2. The summed E-state index contributed by atoms with van der Waals surface area (Å²) in [5.41, 5.74) is 0.802. The number of halogens is 1. The van der Waals surface area contributed by atoms with Gasteiger partial charge in [-0.1, -0.05) is 18.2 Å². The summed E-state index contributed by atoms with van der Waals surface area (Å²) in [5.74, 6) is -1.14. The predicted octanol–water partition coefficient (Wildman–Crippen LogP) is 3.05. The van der Waals surface area contributed by atoms with Gasteiger partial charge in [-0.05, 0) is 43.2 Å². The second-order valence-corrected chi connectivity index (χ2v) is 8.47. The second kappa shape index (κ2) is 8.06. The Bertz CT molecular complexity index is 919. The standard InChI is InChI=1S/C19H22FN3O3S/c1-14(24)21-19-12-17(9-10-18(19)20)27(25,26)23-11-5-8-16(13-23)22-15-6-3-2-4-7-15/h2-4,6-7,9-10,12,16,22H,5,8,11,13H2,1H3,(H,21,24)/t16-/m0/s1. The first kappa shape index (κ1) is 19.3. The first-order chi connectivity index (χ1) is 12.9. The van der Waals surface area contributed by atoms with Crippen LogP contribution in [0.5, 0.6) is 0 Å². The lowest BCUT2D eigenvalue weighted by atomic mass is 10.1. The Morgan fingerprint density at radius 2 is 1.93 bits per heavy atom. The maximum atomic E-state index is 13.8. The van der Waals surface area contributed by atoms with Crippen LogP contribution in [-0.2, 0) is 14.8 Å². The predicted molar refractivity (Wildman–Crippen MR) is 103 cm³/mol. The molecule has 1 aliphatic rings. The quantitative estimate of drug-likeness (QED) is 0.821. The summed E-state index contributed by atoms with van der Waals surface area (Å²) in [5, 5.41) is 5.68. The minimum Gasteiger partial charge on any atom is -0.381 e.